The van der Waals surface area contributed by atoms with Crippen molar-refractivity contribution in [1.82, 2.24) is 14.5 Å². The van der Waals surface area contributed by atoms with Crippen molar-refractivity contribution in [1.29, 1.82) is 0 Å². The van der Waals surface area contributed by atoms with Crippen LogP contribution >= 0.6 is 0 Å². The Morgan fingerprint density at radius 2 is 1.89 bits per heavy atom. The van der Waals surface area contributed by atoms with Crippen molar-refractivity contribution in [3.05, 3.63) is 65.9 Å². The van der Waals surface area contributed by atoms with E-state index in [1.165, 1.54) is 11.6 Å². The first kappa shape index (κ1) is 25.0. The number of carboxylic acid groups (broad SMARTS) is 1. The van der Waals surface area contributed by atoms with Gasteiger partial charge in [-0.15, -0.1) is 0 Å². The first-order valence-electron chi connectivity index (χ1n) is 11.5. The van der Waals surface area contributed by atoms with Crippen molar-refractivity contribution in [3.63, 3.8) is 0 Å². The number of alkyl halides is 3. The lowest BCUT2D eigenvalue weighted by atomic mass is 10.0. The molecule has 3 aromatic rings. The summed E-state index contributed by atoms with van der Waals surface area (Å²) in [6.07, 6.45) is -2.30. The summed E-state index contributed by atoms with van der Waals surface area (Å²) in [5, 5.41) is 7.12. The van der Waals surface area contributed by atoms with Crippen molar-refractivity contribution in [2.45, 2.75) is 37.9 Å². The van der Waals surface area contributed by atoms with Crippen LogP contribution in [0.1, 0.15) is 17.8 Å². The summed E-state index contributed by atoms with van der Waals surface area (Å²) in [5.74, 6) is -0.468. The molecular weight excluding hydrogens is 498 g/mol. The van der Waals surface area contributed by atoms with E-state index in [1.54, 1.807) is 12.1 Å². The largest absolute Gasteiger partial charge is 0.490 e. The topological polar surface area (TPSA) is 86.0 Å². The lowest BCUT2D eigenvalue weighted by molar-refractivity contribution is -0.192. The highest BCUT2D eigenvalue weighted by Crippen LogP contribution is 2.37. The number of ether oxygens (including phenoxy) is 3. The molecule has 0 amide bonds. The van der Waals surface area contributed by atoms with Crippen LogP contribution in [0.15, 0.2) is 48.7 Å². The molecule has 1 spiro atoms. The quantitative estimate of drug-likeness (QED) is 0.517. The summed E-state index contributed by atoms with van der Waals surface area (Å²) >= 11 is 0. The van der Waals surface area contributed by atoms with Gasteiger partial charge >= 0.3 is 12.1 Å². The molecule has 1 saturated heterocycles. The van der Waals surface area contributed by atoms with Gasteiger partial charge in [0.15, 0.2) is 11.5 Å². The molecule has 0 saturated carbocycles. The van der Waals surface area contributed by atoms with E-state index in [1.807, 2.05) is 18.3 Å². The summed E-state index contributed by atoms with van der Waals surface area (Å²) in [5.41, 5.74) is 2.75. The minimum absolute atomic E-state index is 0.236. The lowest BCUT2D eigenvalue weighted by Gasteiger charge is -2.35. The molecule has 1 aromatic heterocycles. The zero-order valence-electron chi connectivity index (χ0n) is 19.5. The van der Waals surface area contributed by atoms with Gasteiger partial charge in [0.25, 0.3) is 0 Å². The fraction of sp³-hybridized carbons (Fsp3) is 0.360. The van der Waals surface area contributed by atoms with Crippen LogP contribution in [0, 0.1) is 5.82 Å². The van der Waals surface area contributed by atoms with Crippen LogP contribution in [-0.2, 0) is 29.2 Å². The van der Waals surface area contributed by atoms with Gasteiger partial charge in [-0.1, -0.05) is 18.2 Å². The Bertz CT molecular complexity index is 1310. The first-order valence-corrected chi connectivity index (χ1v) is 11.5. The molecule has 1 N–H and O–H groups in total. The number of halogens is 4. The molecule has 1 fully saturated rings. The van der Waals surface area contributed by atoms with Crippen LogP contribution in [0.3, 0.4) is 0 Å². The van der Waals surface area contributed by atoms with E-state index < -0.39 is 12.1 Å². The second-order valence-corrected chi connectivity index (χ2v) is 9.08. The normalized spacial score (nSPS) is 20.4. The van der Waals surface area contributed by atoms with Gasteiger partial charge in [-0.05, 0) is 36.2 Å². The van der Waals surface area contributed by atoms with Gasteiger partial charge in [0.05, 0.1) is 18.4 Å². The number of hydrogen-bond acceptors (Lipinski definition) is 6. The number of imidazole rings is 1. The smallest absolute Gasteiger partial charge is 0.475 e. The minimum atomic E-state index is -5.08. The number of aliphatic carboxylic acids is 1. The third kappa shape index (κ3) is 5.39. The van der Waals surface area contributed by atoms with E-state index >= 15 is 0 Å². The summed E-state index contributed by atoms with van der Waals surface area (Å²) in [4.78, 5) is 15.8. The Morgan fingerprint density at radius 1 is 1.11 bits per heavy atom. The second kappa shape index (κ2) is 9.67. The summed E-state index contributed by atoms with van der Waals surface area (Å²) in [6.45, 7) is 4.16. The van der Waals surface area contributed by atoms with E-state index in [0.717, 1.165) is 61.2 Å². The number of hydrogen-bond donors (Lipinski definition) is 1. The van der Waals surface area contributed by atoms with Crippen molar-refractivity contribution >= 4 is 5.97 Å². The van der Waals surface area contributed by atoms with Crippen molar-refractivity contribution in [3.8, 4) is 22.8 Å². The molecule has 1 unspecified atom stereocenters. The zero-order chi connectivity index (χ0) is 26.2. The number of carbonyl (C=O) groups is 1. The zero-order valence-corrected chi connectivity index (χ0v) is 19.5. The van der Waals surface area contributed by atoms with Gasteiger partial charge in [-0.2, -0.15) is 13.2 Å². The highest BCUT2D eigenvalue weighted by Gasteiger charge is 2.43. The standard InChI is InChI=1S/C23H22FN3O3.C2HF3O2/c24-18-3-1-2-17(9-18)19-10-25-22-12-30-23(14-27(19)22)6-7-26(13-23)11-16-4-5-20-21(8-16)29-15-28-20;3-2(4,5)1(6)7/h1-5,8-10H,6-7,11-15H2;(H,6,7). The van der Waals surface area contributed by atoms with Crippen LogP contribution in [0.2, 0.25) is 0 Å². The number of fused-ring (bicyclic) bond motifs is 2. The van der Waals surface area contributed by atoms with E-state index in [-0.39, 0.29) is 11.4 Å². The van der Waals surface area contributed by atoms with E-state index in [9.17, 15) is 17.6 Å². The number of rotatable bonds is 3. The van der Waals surface area contributed by atoms with Crippen molar-refractivity contribution < 1.29 is 41.7 Å². The summed E-state index contributed by atoms with van der Waals surface area (Å²) in [6, 6.07) is 12.8. The molecule has 3 aliphatic heterocycles. The Hall–Kier alpha value is -3.64. The molecule has 37 heavy (non-hydrogen) atoms. The highest BCUT2D eigenvalue weighted by atomic mass is 19.4. The molecule has 3 aliphatic rings. The van der Waals surface area contributed by atoms with Crippen molar-refractivity contribution in [2.24, 2.45) is 0 Å². The molecule has 4 heterocycles. The average molecular weight is 521 g/mol. The molecule has 0 bridgehead atoms. The van der Waals surface area contributed by atoms with Gasteiger partial charge in [-0.25, -0.2) is 14.2 Å². The molecule has 1 atom stereocenters. The molecule has 0 radical (unpaired) electrons. The average Bonchev–Trinajstić information content (AvgIpc) is 3.57. The predicted octanol–water partition coefficient (Wildman–Crippen LogP) is 4.23. The van der Waals surface area contributed by atoms with E-state index in [0.29, 0.717) is 13.4 Å². The molecular formula is C25H23F4N3O5. The Morgan fingerprint density at radius 3 is 2.65 bits per heavy atom. The van der Waals surface area contributed by atoms with Gasteiger partial charge in [0, 0.05) is 25.2 Å². The maximum absolute atomic E-state index is 13.7. The van der Waals surface area contributed by atoms with Gasteiger partial charge in [-0.3, -0.25) is 4.90 Å². The maximum atomic E-state index is 13.7. The number of nitrogens with zero attached hydrogens (tertiary/aromatic N) is 3. The molecule has 2 aromatic carbocycles. The van der Waals surface area contributed by atoms with E-state index in [2.05, 4.69) is 26.6 Å². The molecule has 0 aliphatic carbocycles. The second-order valence-electron chi connectivity index (χ2n) is 9.08. The molecule has 12 heteroatoms. The Kier molecular flexibility index (Phi) is 6.54. The Balaban J connectivity index is 0.000000355. The lowest BCUT2D eigenvalue weighted by Crippen LogP contribution is -2.44. The molecule has 8 nitrogen and oxygen atoms in total. The number of aromatic nitrogens is 2. The molecule has 6 rings (SSSR count). The number of benzene rings is 2. The monoisotopic (exact) mass is 521 g/mol. The number of carboxylic acids is 1. The fourth-order valence-electron chi connectivity index (χ4n) is 4.74. The summed E-state index contributed by atoms with van der Waals surface area (Å²) in [7, 11) is 0. The van der Waals surface area contributed by atoms with Gasteiger partial charge < -0.3 is 23.9 Å². The summed E-state index contributed by atoms with van der Waals surface area (Å²) < 4.78 is 64.9. The Labute approximate surface area is 209 Å². The van der Waals surface area contributed by atoms with Crippen LogP contribution in [0.5, 0.6) is 11.5 Å². The molecule has 196 valence electrons. The van der Waals surface area contributed by atoms with Crippen LogP contribution < -0.4 is 9.47 Å². The van der Waals surface area contributed by atoms with Gasteiger partial charge in [0.1, 0.15) is 23.8 Å². The minimum Gasteiger partial charge on any atom is -0.475 e. The van der Waals surface area contributed by atoms with Crippen molar-refractivity contribution in [2.75, 3.05) is 19.9 Å². The third-order valence-electron chi connectivity index (χ3n) is 6.49. The van der Waals surface area contributed by atoms with Crippen LogP contribution in [-0.4, -0.2) is 57.2 Å². The maximum Gasteiger partial charge on any atom is 0.490 e. The van der Waals surface area contributed by atoms with Crippen LogP contribution in [0.4, 0.5) is 17.6 Å². The highest BCUT2D eigenvalue weighted by molar-refractivity contribution is 5.73. The van der Waals surface area contributed by atoms with Crippen LogP contribution in [0.25, 0.3) is 11.3 Å². The number of likely N-dealkylation sites (tertiary alicyclic amines) is 1. The fourth-order valence-corrected chi connectivity index (χ4v) is 4.74. The first-order chi connectivity index (χ1) is 17.6. The van der Waals surface area contributed by atoms with Gasteiger partial charge in [0.2, 0.25) is 6.79 Å². The SMILES string of the molecule is Fc1cccc(-c2cnc3n2CC2(CCN(Cc4ccc5c(c4)OCO5)C2)OC3)c1.O=C(O)C(F)(F)F. The van der Waals surface area contributed by atoms with E-state index in [4.69, 9.17) is 24.1 Å². The predicted molar refractivity (Wildman–Crippen MR) is 121 cm³/mol. The third-order valence-corrected chi connectivity index (χ3v) is 6.49.